The second-order valence-corrected chi connectivity index (χ2v) is 7.90. The molecular weight excluding hydrogens is 250 g/mol. The molecule has 4 heteroatoms. The van der Waals surface area contributed by atoms with Crippen LogP contribution < -0.4 is 10.6 Å². The Morgan fingerprint density at radius 3 is 2.75 bits per heavy atom. The summed E-state index contributed by atoms with van der Waals surface area (Å²) < 4.78 is 0. The lowest BCUT2D eigenvalue weighted by Gasteiger charge is -2.28. The Bertz CT molecular complexity index is 395. The van der Waals surface area contributed by atoms with E-state index in [1.807, 2.05) is 0 Å². The predicted molar refractivity (Wildman–Crippen MR) is 78.5 cm³/mol. The highest BCUT2D eigenvalue weighted by molar-refractivity contribution is 5.74. The zero-order valence-electron chi connectivity index (χ0n) is 12.4. The van der Waals surface area contributed by atoms with Gasteiger partial charge in [-0.15, -0.1) is 0 Å². The van der Waals surface area contributed by atoms with Crippen molar-refractivity contribution in [3.8, 4) is 0 Å². The molecule has 2 aliphatic carbocycles. The number of nitrogens with zero attached hydrogens (tertiary/aromatic N) is 1. The number of likely N-dealkylation sites (tertiary alicyclic amines) is 1. The molecule has 1 spiro atoms. The minimum absolute atomic E-state index is 0.193. The Labute approximate surface area is 121 Å². The highest BCUT2D eigenvalue weighted by Crippen LogP contribution is 2.53. The van der Waals surface area contributed by atoms with Crippen LogP contribution in [0.4, 0.5) is 4.79 Å². The molecule has 0 aromatic rings. The average Bonchev–Trinajstić information content (AvgIpc) is 3.22. The van der Waals surface area contributed by atoms with Gasteiger partial charge < -0.3 is 15.5 Å². The predicted octanol–water partition coefficient (Wildman–Crippen LogP) is 1.96. The van der Waals surface area contributed by atoms with Gasteiger partial charge >= 0.3 is 6.03 Å². The van der Waals surface area contributed by atoms with Crippen molar-refractivity contribution in [2.24, 2.45) is 16.7 Å². The summed E-state index contributed by atoms with van der Waals surface area (Å²) in [5, 5.41) is 6.71. The van der Waals surface area contributed by atoms with E-state index in [0.29, 0.717) is 10.8 Å². The smallest absolute Gasteiger partial charge is 0.317 e. The monoisotopic (exact) mass is 277 g/mol. The summed E-state index contributed by atoms with van der Waals surface area (Å²) in [6.07, 6.45) is 9.25. The second kappa shape index (κ2) is 4.62. The van der Waals surface area contributed by atoms with Gasteiger partial charge in [-0.2, -0.15) is 0 Å². The fraction of sp³-hybridized carbons (Fsp3) is 0.938. The van der Waals surface area contributed by atoms with E-state index in [1.54, 1.807) is 0 Å². The summed E-state index contributed by atoms with van der Waals surface area (Å²) in [6, 6.07) is 0.193. The molecule has 1 atom stereocenters. The molecule has 2 heterocycles. The Kier molecular flexibility index (Phi) is 2.99. The third-order valence-corrected chi connectivity index (χ3v) is 6.56. The first-order chi connectivity index (χ1) is 9.69. The van der Waals surface area contributed by atoms with Crippen molar-refractivity contribution in [2.75, 3.05) is 32.7 Å². The fourth-order valence-electron chi connectivity index (χ4n) is 5.19. The molecule has 2 N–H and O–H groups in total. The minimum Gasteiger partial charge on any atom is -0.337 e. The Morgan fingerprint density at radius 2 is 2.10 bits per heavy atom. The van der Waals surface area contributed by atoms with E-state index in [-0.39, 0.29) is 6.03 Å². The van der Waals surface area contributed by atoms with Gasteiger partial charge in [-0.3, -0.25) is 0 Å². The summed E-state index contributed by atoms with van der Waals surface area (Å²) in [5.74, 6) is 0.964. The van der Waals surface area contributed by atoms with Crippen molar-refractivity contribution in [3.05, 3.63) is 0 Å². The lowest BCUT2D eigenvalue weighted by Crippen LogP contribution is -2.44. The van der Waals surface area contributed by atoms with Gasteiger partial charge in [0.05, 0.1) is 0 Å². The highest BCUT2D eigenvalue weighted by Gasteiger charge is 2.46. The maximum atomic E-state index is 12.4. The summed E-state index contributed by atoms with van der Waals surface area (Å²) in [7, 11) is 0. The lowest BCUT2D eigenvalue weighted by atomic mass is 9.84. The number of fused-ring (bicyclic) bond motifs is 2. The average molecular weight is 277 g/mol. The molecule has 20 heavy (non-hydrogen) atoms. The molecule has 4 aliphatic rings. The first-order valence-corrected chi connectivity index (χ1v) is 8.42. The molecule has 4 nitrogen and oxygen atoms in total. The summed E-state index contributed by atoms with van der Waals surface area (Å²) >= 11 is 0. The summed E-state index contributed by atoms with van der Waals surface area (Å²) in [6.45, 7) is 5.05. The van der Waals surface area contributed by atoms with Crippen molar-refractivity contribution in [1.29, 1.82) is 0 Å². The van der Waals surface area contributed by atoms with Crippen LogP contribution >= 0.6 is 0 Å². The fourth-order valence-corrected chi connectivity index (χ4v) is 5.19. The van der Waals surface area contributed by atoms with Crippen molar-refractivity contribution in [2.45, 2.75) is 44.9 Å². The molecule has 0 radical (unpaired) electrons. The molecule has 4 fully saturated rings. The number of hydrogen-bond donors (Lipinski definition) is 2. The van der Waals surface area contributed by atoms with Crippen LogP contribution in [-0.4, -0.2) is 43.7 Å². The normalized spacial score (nSPS) is 42.8. The third-order valence-electron chi connectivity index (χ3n) is 6.56. The van der Waals surface area contributed by atoms with Gasteiger partial charge in [0.2, 0.25) is 0 Å². The number of carbonyl (C=O) groups is 1. The van der Waals surface area contributed by atoms with E-state index in [0.717, 1.165) is 38.6 Å². The van der Waals surface area contributed by atoms with Gasteiger partial charge in [-0.1, -0.05) is 0 Å². The van der Waals surface area contributed by atoms with E-state index in [1.165, 1.54) is 44.9 Å². The maximum Gasteiger partial charge on any atom is 0.317 e. The standard InChI is InChI=1S/C16H27N3O/c20-14(18-11-15-3-1-13(9-15)2-4-15)19-8-6-16(12-19)5-7-17-10-16/h13,17H,1-12H2,(H,18,20). The molecule has 2 amide bonds. The molecule has 2 saturated carbocycles. The molecule has 1 unspecified atom stereocenters. The van der Waals surface area contributed by atoms with Gasteiger partial charge in [-0.05, 0) is 62.8 Å². The highest BCUT2D eigenvalue weighted by atomic mass is 16.2. The van der Waals surface area contributed by atoms with Crippen LogP contribution in [0.15, 0.2) is 0 Å². The molecule has 4 rings (SSSR count). The largest absolute Gasteiger partial charge is 0.337 e. The molecule has 2 aliphatic heterocycles. The number of nitrogens with one attached hydrogen (secondary N) is 2. The minimum atomic E-state index is 0.193. The van der Waals surface area contributed by atoms with Crippen LogP contribution in [0, 0.1) is 16.7 Å². The van der Waals surface area contributed by atoms with Crippen LogP contribution in [0.3, 0.4) is 0 Å². The van der Waals surface area contributed by atoms with E-state index in [9.17, 15) is 4.79 Å². The topological polar surface area (TPSA) is 44.4 Å². The number of rotatable bonds is 2. The molecular formula is C16H27N3O. The number of hydrogen-bond acceptors (Lipinski definition) is 2. The van der Waals surface area contributed by atoms with Crippen molar-refractivity contribution < 1.29 is 4.79 Å². The zero-order chi connectivity index (χ0) is 13.6. The molecule has 2 saturated heterocycles. The van der Waals surface area contributed by atoms with Gasteiger partial charge in [0.1, 0.15) is 0 Å². The molecule has 2 bridgehead atoms. The zero-order valence-corrected chi connectivity index (χ0v) is 12.4. The maximum absolute atomic E-state index is 12.4. The van der Waals surface area contributed by atoms with Crippen LogP contribution in [0.1, 0.15) is 44.9 Å². The van der Waals surface area contributed by atoms with Crippen LogP contribution in [0.25, 0.3) is 0 Å². The number of carbonyl (C=O) groups excluding carboxylic acids is 1. The van der Waals surface area contributed by atoms with E-state index < -0.39 is 0 Å². The first-order valence-electron chi connectivity index (χ1n) is 8.42. The van der Waals surface area contributed by atoms with Crippen molar-refractivity contribution in [1.82, 2.24) is 15.5 Å². The van der Waals surface area contributed by atoms with E-state index in [4.69, 9.17) is 0 Å². The van der Waals surface area contributed by atoms with Crippen molar-refractivity contribution in [3.63, 3.8) is 0 Å². The van der Waals surface area contributed by atoms with Gasteiger partial charge in [0.15, 0.2) is 0 Å². The third kappa shape index (κ3) is 2.12. The Morgan fingerprint density at radius 1 is 1.25 bits per heavy atom. The first kappa shape index (κ1) is 12.9. The molecule has 0 aromatic heterocycles. The number of urea groups is 1. The van der Waals surface area contributed by atoms with E-state index in [2.05, 4.69) is 15.5 Å². The lowest BCUT2D eigenvalue weighted by molar-refractivity contribution is 0.191. The SMILES string of the molecule is O=C(NCC12CCC(CC1)C2)N1CCC2(CCNC2)C1. The van der Waals surface area contributed by atoms with Crippen LogP contribution in [0.5, 0.6) is 0 Å². The van der Waals surface area contributed by atoms with Crippen LogP contribution in [0.2, 0.25) is 0 Å². The van der Waals surface area contributed by atoms with Gasteiger partial charge in [0.25, 0.3) is 0 Å². The molecule has 112 valence electrons. The summed E-state index contributed by atoms with van der Waals surface area (Å²) in [4.78, 5) is 14.5. The van der Waals surface area contributed by atoms with Crippen LogP contribution in [-0.2, 0) is 0 Å². The van der Waals surface area contributed by atoms with E-state index >= 15 is 0 Å². The number of amides is 2. The van der Waals surface area contributed by atoms with Crippen molar-refractivity contribution >= 4 is 6.03 Å². The molecule has 0 aromatic carbocycles. The second-order valence-electron chi connectivity index (χ2n) is 7.90. The summed E-state index contributed by atoms with van der Waals surface area (Å²) in [5.41, 5.74) is 0.855. The Balaban J connectivity index is 1.30. The Hall–Kier alpha value is -0.770. The van der Waals surface area contributed by atoms with Gasteiger partial charge in [0, 0.05) is 31.6 Å². The van der Waals surface area contributed by atoms with Gasteiger partial charge in [-0.25, -0.2) is 4.79 Å². The quantitative estimate of drug-likeness (QED) is 0.810.